The smallest absolute Gasteiger partial charge is 0.323 e. The Balaban J connectivity index is 1.86. The monoisotopic (exact) mass is 401 g/mol. The van der Waals surface area contributed by atoms with E-state index >= 15 is 0 Å². The number of alkyl halides is 3. The van der Waals surface area contributed by atoms with Crippen LogP contribution in [0.3, 0.4) is 0 Å². The molecule has 5 nitrogen and oxygen atoms in total. The Morgan fingerprint density at radius 2 is 2.15 bits per heavy atom. The van der Waals surface area contributed by atoms with E-state index in [1.165, 1.54) is 34.1 Å². The number of hydrogen-bond donors (Lipinski definition) is 1. The maximum atomic E-state index is 12.9. The summed E-state index contributed by atoms with van der Waals surface area (Å²) >= 11 is 2.66. The molecule has 1 aromatic carbocycles. The average molecular weight is 401 g/mol. The molecule has 0 saturated heterocycles. The third-order valence-corrected chi connectivity index (χ3v) is 5.86. The molecule has 2 aromatic rings. The number of rotatable bonds is 3. The molecular weight excluding hydrogens is 387 g/mol. The Morgan fingerprint density at radius 1 is 1.42 bits per heavy atom. The second-order valence-electron chi connectivity index (χ2n) is 5.72. The number of aryl methyl sites for hydroxylation is 1. The lowest BCUT2D eigenvalue weighted by Crippen LogP contribution is -2.45. The van der Waals surface area contributed by atoms with Gasteiger partial charge in [-0.15, -0.1) is 11.3 Å². The lowest BCUT2D eigenvalue weighted by atomic mass is 10.1. The van der Waals surface area contributed by atoms with Crippen molar-refractivity contribution >= 4 is 46.3 Å². The first-order valence-electron chi connectivity index (χ1n) is 7.56. The molecule has 26 heavy (non-hydrogen) atoms. The Morgan fingerprint density at radius 3 is 2.77 bits per heavy atom. The Hall–Kier alpha value is -2.07. The van der Waals surface area contributed by atoms with Crippen molar-refractivity contribution in [2.45, 2.75) is 29.6 Å². The highest BCUT2D eigenvalue weighted by Crippen LogP contribution is 2.38. The summed E-state index contributed by atoms with van der Waals surface area (Å²) in [6.45, 7) is 3.29. The maximum absolute atomic E-state index is 12.9. The van der Waals surface area contributed by atoms with Gasteiger partial charge in [0.15, 0.2) is 4.34 Å². The van der Waals surface area contributed by atoms with E-state index < -0.39 is 22.9 Å². The van der Waals surface area contributed by atoms with E-state index in [0.717, 1.165) is 22.2 Å². The molecule has 10 heteroatoms. The SMILES string of the molecule is Cc1csc(S[C@H](C)C(=O)N2CC(=O)Nc3cc(C(F)(F)F)ccc32)n1. The average Bonchev–Trinajstić information content (AvgIpc) is 2.96. The van der Waals surface area contributed by atoms with Crippen LogP contribution in [-0.4, -0.2) is 28.6 Å². The summed E-state index contributed by atoms with van der Waals surface area (Å²) in [6, 6.07) is 2.95. The molecular formula is C16H14F3N3O2S2. The topological polar surface area (TPSA) is 62.3 Å². The fraction of sp³-hybridized carbons (Fsp3) is 0.312. The third-order valence-electron chi connectivity index (χ3n) is 3.68. The highest BCUT2D eigenvalue weighted by atomic mass is 32.2. The fourth-order valence-electron chi connectivity index (χ4n) is 2.47. The van der Waals surface area contributed by atoms with Gasteiger partial charge in [0.05, 0.1) is 22.2 Å². The van der Waals surface area contributed by atoms with Crippen molar-refractivity contribution < 1.29 is 22.8 Å². The van der Waals surface area contributed by atoms with E-state index in [2.05, 4.69) is 10.3 Å². The quantitative estimate of drug-likeness (QED) is 0.792. The van der Waals surface area contributed by atoms with Gasteiger partial charge in [-0.05, 0) is 32.0 Å². The Bertz CT molecular complexity index is 867. The molecule has 1 aromatic heterocycles. The molecule has 0 bridgehead atoms. The molecule has 138 valence electrons. The van der Waals surface area contributed by atoms with Gasteiger partial charge in [-0.25, -0.2) is 4.98 Å². The number of benzene rings is 1. The number of carbonyl (C=O) groups is 2. The van der Waals surface area contributed by atoms with Crippen LogP contribution in [0.2, 0.25) is 0 Å². The van der Waals surface area contributed by atoms with Gasteiger partial charge < -0.3 is 5.32 Å². The molecule has 2 amide bonds. The van der Waals surface area contributed by atoms with Crippen molar-refractivity contribution in [1.82, 2.24) is 4.98 Å². The number of halogens is 3. The summed E-state index contributed by atoms with van der Waals surface area (Å²) in [7, 11) is 0. The van der Waals surface area contributed by atoms with Crippen LogP contribution in [0.25, 0.3) is 0 Å². The predicted octanol–water partition coefficient (Wildman–Crippen LogP) is 3.94. The van der Waals surface area contributed by atoms with Crippen LogP contribution < -0.4 is 10.2 Å². The van der Waals surface area contributed by atoms with Crippen molar-refractivity contribution in [2.24, 2.45) is 0 Å². The third kappa shape index (κ3) is 3.85. The molecule has 0 radical (unpaired) electrons. The summed E-state index contributed by atoms with van der Waals surface area (Å²) in [5, 5.41) is 3.72. The van der Waals surface area contributed by atoms with Crippen molar-refractivity contribution in [2.75, 3.05) is 16.8 Å². The van der Waals surface area contributed by atoms with E-state index in [9.17, 15) is 22.8 Å². The number of hydrogen-bond acceptors (Lipinski definition) is 5. The van der Waals surface area contributed by atoms with Gasteiger partial charge in [0.2, 0.25) is 11.8 Å². The number of anilines is 2. The number of carbonyl (C=O) groups excluding carboxylic acids is 2. The summed E-state index contributed by atoms with van der Waals surface area (Å²) in [5.41, 5.74) is 0.197. The van der Waals surface area contributed by atoms with Crippen LogP contribution in [-0.2, 0) is 15.8 Å². The Kier molecular flexibility index (Phi) is 4.98. The second-order valence-corrected chi connectivity index (χ2v) is 8.16. The van der Waals surface area contributed by atoms with Gasteiger partial charge in [0.25, 0.3) is 0 Å². The lowest BCUT2D eigenvalue weighted by molar-refractivity contribution is -0.137. The highest BCUT2D eigenvalue weighted by molar-refractivity contribution is 8.02. The standard InChI is InChI=1S/C16H14F3N3O2S2/c1-8-7-25-15(20-8)26-9(2)14(24)22-6-13(23)21-11-5-10(16(17,18)19)3-4-12(11)22/h3-5,7,9H,6H2,1-2H3,(H,21,23)/t9-/m1/s1. The lowest BCUT2D eigenvalue weighted by Gasteiger charge is -2.31. The number of thioether (sulfide) groups is 1. The minimum absolute atomic E-state index is 0.0216. The van der Waals surface area contributed by atoms with Crippen molar-refractivity contribution in [1.29, 1.82) is 0 Å². The zero-order valence-electron chi connectivity index (χ0n) is 13.8. The van der Waals surface area contributed by atoms with Crippen LogP contribution in [0, 0.1) is 6.92 Å². The molecule has 2 heterocycles. The minimum atomic E-state index is -4.53. The maximum Gasteiger partial charge on any atom is 0.416 e. The number of thiazole rings is 1. The van der Waals surface area contributed by atoms with Crippen molar-refractivity contribution in [3.05, 3.63) is 34.8 Å². The first kappa shape index (κ1) is 18.7. The zero-order valence-corrected chi connectivity index (χ0v) is 15.4. The molecule has 0 aliphatic carbocycles. The van der Waals surface area contributed by atoms with Crippen LogP contribution in [0.5, 0.6) is 0 Å². The second kappa shape index (κ2) is 6.92. The molecule has 0 saturated carbocycles. The Labute approximate surface area is 155 Å². The molecule has 1 N–H and O–H groups in total. The number of amides is 2. The normalized spacial score (nSPS) is 15.4. The van der Waals surface area contributed by atoms with Gasteiger partial charge in [0.1, 0.15) is 6.54 Å². The largest absolute Gasteiger partial charge is 0.416 e. The molecule has 0 spiro atoms. The minimum Gasteiger partial charge on any atom is -0.323 e. The first-order chi connectivity index (χ1) is 12.1. The molecule has 3 rings (SSSR count). The van der Waals surface area contributed by atoms with Crippen LogP contribution in [0.4, 0.5) is 24.5 Å². The number of nitrogens with zero attached hydrogens (tertiary/aromatic N) is 2. The van der Waals surface area contributed by atoms with Crippen molar-refractivity contribution in [3.8, 4) is 0 Å². The first-order valence-corrected chi connectivity index (χ1v) is 9.32. The molecule has 1 aliphatic heterocycles. The molecule has 1 aliphatic rings. The number of aromatic nitrogens is 1. The summed E-state index contributed by atoms with van der Waals surface area (Å²) in [4.78, 5) is 30.2. The summed E-state index contributed by atoms with van der Waals surface area (Å²) in [6.07, 6.45) is -4.53. The van der Waals surface area contributed by atoms with E-state index in [0.29, 0.717) is 0 Å². The number of fused-ring (bicyclic) bond motifs is 1. The van der Waals surface area contributed by atoms with Gasteiger partial charge in [-0.3, -0.25) is 14.5 Å². The van der Waals surface area contributed by atoms with E-state index in [4.69, 9.17) is 0 Å². The zero-order chi connectivity index (χ0) is 19.1. The highest BCUT2D eigenvalue weighted by Gasteiger charge is 2.35. The molecule has 1 atom stereocenters. The van der Waals surface area contributed by atoms with Gasteiger partial charge >= 0.3 is 6.18 Å². The van der Waals surface area contributed by atoms with E-state index in [1.807, 2.05) is 12.3 Å². The van der Waals surface area contributed by atoms with Crippen LogP contribution >= 0.6 is 23.1 Å². The summed E-state index contributed by atoms with van der Waals surface area (Å²) < 4.78 is 39.4. The van der Waals surface area contributed by atoms with Gasteiger partial charge in [0, 0.05) is 11.1 Å². The van der Waals surface area contributed by atoms with E-state index in [-0.39, 0.29) is 23.8 Å². The fourth-order valence-corrected chi connectivity index (χ4v) is 4.52. The molecule has 0 unspecified atom stereocenters. The van der Waals surface area contributed by atoms with Crippen LogP contribution in [0.15, 0.2) is 27.9 Å². The van der Waals surface area contributed by atoms with Gasteiger partial charge in [-0.2, -0.15) is 13.2 Å². The number of nitrogens with one attached hydrogen (secondary N) is 1. The molecule has 0 fully saturated rings. The van der Waals surface area contributed by atoms with Crippen molar-refractivity contribution in [3.63, 3.8) is 0 Å². The van der Waals surface area contributed by atoms with E-state index in [1.54, 1.807) is 6.92 Å². The van der Waals surface area contributed by atoms with Crippen LogP contribution in [0.1, 0.15) is 18.2 Å². The predicted molar refractivity (Wildman–Crippen MR) is 94.6 cm³/mol. The van der Waals surface area contributed by atoms with Gasteiger partial charge in [-0.1, -0.05) is 11.8 Å². The summed E-state index contributed by atoms with van der Waals surface area (Å²) in [5.74, 6) is -0.897.